The fraction of sp³-hybridized carbons (Fsp3) is 0.103. The molecule has 0 fully saturated rings. The van der Waals surface area contributed by atoms with Gasteiger partial charge in [-0.15, -0.1) is 0 Å². The number of nitrogens with zero attached hydrogens (tertiary/aromatic N) is 6. The first-order valence-corrected chi connectivity index (χ1v) is 11.8. The van der Waals surface area contributed by atoms with Crippen LogP contribution in [-0.2, 0) is 7.05 Å². The van der Waals surface area contributed by atoms with Crippen molar-refractivity contribution >= 4 is 34.1 Å². The predicted octanol–water partition coefficient (Wildman–Crippen LogP) is 6.52. The maximum Gasteiger partial charge on any atom is 0.387 e. The Balaban J connectivity index is 1.72. The largest absolute Gasteiger partial charge is 0.432 e. The molecule has 0 saturated heterocycles. The van der Waals surface area contributed by atoms with E-state index in [4.69, 9.17) is 4.99 Å². The van der Waals surface area contributed by atoms with Gasteiger partial charge in [-0.2, -0.15) is 14.0 Å². The lowest BCUT2D eigenvalue weighted by atomic mass is 10.0. The number of aliphatic imine (C=N–C) groups is 1. The Morgan fingerprint density at radius 3 is 2.26 bits per heavy atom. The molecule has 39 heavy (non-hydrogen) atoms. The summed E-state index contributed by atoms with van der Waals surface area (Å²) in [6, 6.07) is 24.5. The number of fused-ring (bicyclic) bond motifs is 1. The van der Waals surface area contributed by atoms with Crippen LogP contribution in [0.2, 0.25) is 0 Å². The highest BCUT2D eigenvalue weighted by Crippen LogP contribution is 2.38. The van der Waals surface area contributed by atoms with E-state index in [-0.39, 0.29) is 22.9 Å². The maximum atomic E-state index is 15.2. The zero-order chi connectivity index (χ0) is 27.5. The molecule has 0 aliphatic heterocycles. The smallest absolute Gasteiger partial charge is 0.387 e. The minimum Gasteiger partial charge on any atom is -0.432 e. The van der Waals surface area contributed by atoms with E-state index in [1.54, 1.807) is 30.1 Å². The van der Waals surface area contributed by atoms with Gasteiger partial charge in [0.05, 0.1) is 29.2 Å². The Morgan fingerprint density at radius 1 is 1.03 bits per heavy atom. The van der Waals surface area contributed by atoms with E-state index in [0.717, 1.165) is 23.3 Å². The first-order chi connectivity index (χ1) is 18.9. The van der Waals surface area contributed by atoms with Crippen molar-refractivity contribution in [1.29, 1.82) is 5.26 Å². The summed E-state index contributed by atoms with van der Waals surface area (Å²) in [5.74, 6) is -0.954. The molecule has 0 unspecified atom stereocenters. The van der Waals surface area contributed by atoms with Crippen LogP contribution in [0, 0.1) is 17.1 Å². The fourth-order valence-electron chi connectivity index (χ4n) is 4.21. The molecule has 7 nitrogen and oxygen atoms in total. The maximum absolute atomic E-state index is 15.2. The van der Waals surface area contributed by atoms with Gasteiger partial charge in [0.25, 0.3) is 0 Å². The average molecular weight is 527 g/mol. The lowest BCUT2D eigenvalue weighted by Gasteiger charge is -2.23. The minimum atomic E-state index is -3.22. The van der Waals surface area contributed by atoms with Crippen molar-refractivity contribution in [2.45, 2.75) is 6.61 Å². The van der Waals surface area contributed by atoms with Gasteiger partial charge in [0, 0.05) is 37.4 Å². The van der Waals surface area contributed by atoms with E-state index < -0.39 is 18.2 Å². The van der Waals surface area contributed by atoms with E-state index in [1.807, 2.05) is 60.7 Å². The summed E-state index contributed by atoms with van der Waals surface area (Å²) in [4.78, 5) is 15.3. The molecule has 0 aliphatic rings. The van der Waals surface area contributed by atoms with Crippen molar-refractivity contribution in [2.24, 2.45) is 12.0 Å². The summed E-state index contributed by atoms with van der Waals surface area (Å²) in [5, 5.41) is 9.19. The second kappa shape index (κ2) is 10.7. The molecule has 0 radical (unpaired) electrons. The molecule has 10 heteroatoms. The number of nitriles is 1. The molecule has 0 bridgehead atoms. The topological polar surface area (TPSA) is 79.3 Å². The van der Waals surface area contributed by atoms with Crippen LogP contribution in [0.15, 0.2) is 90.2 Å². The number of rotatable bonds is 7. The molecule has 3 aromatic carbocycles. The molecule has 0 spiro atoms. The number of hydrogen-bond donors (Lipinski definition) is 0. The van der Waals surface area contributed by atoms with Gasteiger partial charge in [0.2, 0.25) is 0 Å². The number of ether oxygens (including phenoxy) is 1. The van der Waals surface area contributed by atoms with Gasteiger partial charge < -0.3 is 14.2 Å². The zero-order valence-corrected chi connectivity index (χ0v) is 20.9. The van der Waals surface area contributed by atoms with Crippen molar-refractivity contribution in [3.63, 3.8) is 0 Å². The summed E-state index contributed by atoms with van der Waals surface area (Å²) in [5.41, 5.74) is 3.01. The lowest BCUT2D eigenvalue weighted by molar-refractivity contribution is -0.0495. The van der Waals surface area contributed by atoms with E-state index in [1.165, 1.54) is 11.9 Å². The predicted molar refractivity (Wildman–Crippen MR) is 143 cm³/mol. The molecule has 2 heterocycles. The first-order valence-electron chi connectivity index (χ1n) is 11.8. The molecule has 0 N–H and O–H groups in total. The molecule has 5 aromatic rings. The van der Waals surface area contributed by atoms with Crippen molar-refractivity contribution in [3.8, 4) is 11.8 Å². The monoisotopic (exact) mass is 526 g/mol. The standard InChI is InChI=1S/C29H21F3N6O/c1-37-17-34-26-22(37)15-24(38(2)27-21(30)13-18(16-33)14-23(27)39-29(31)32)35-28(26)36-25(19-9-5-3-6-10-19)20-11-7-4-8-12-20/h3-15,17,29H,1-2H3. The molecule has 0 atom stereocenters. The van der Waals surface area contributed by atoms with Crippen molar-refractivity contribution in [2.75, 3.05) is 11.9 Å². The Morgan fingerprint density at radius 2 is 1.67 bits per heavy atom. The number of imidazole rings is 1. The molecule has 5 rings (SSSR count). The number of hydrogen-bond acceptors (Lipinski definition) is 6. The van der Waals surface area contributed by atoms with Crippen LogP contribution in [0.5, 0.6) is 5.75 Å². The van der Waals surface area contributed by atoms with Gasteiger partial charge in [-0.3, -0.25) is 0 Å². The van der Waals surface area contributed by atoms with Crippen LogP contribution in [-0.4, -0.2) is 33.9 Å². The van der Waals surface area contributed by atoms with Gasteiger partial charge >= 0.3 is 6.61 Å². The SMILES string of the molecule is CN(c1cc2c(ncn2C)c(N=C(c2ccccc2)c2ccccc2)n1)c1c(F)cc(C#N)cc1OC(F)F. The summed E-state index contributed by atoms with van der Waals surface area (Å²) in [6.45, 7) is -3.22. The Hall–Kier alpha value is -5.17. The summed E-state index contributed by atoms with van der Waals surface area (Å²) < 4.78 is 47.9. The molecular weight excluding hydrogens is 505 g/mol. The van der Waals surface area contributed by atoms with Crippen LogP contribution >= 0.6 is 0 Å². The highest BCUT2D eigenvalue weighted by atomic mass is 19.3. The second-order valence-corrected chi connectivity index (χ2v) is 8.57. The fourth-order valence-corrected chi connectivity index (χ4v) is 4.21. The molecule has 0 saturated carbocycles. The molecule has 2 aromatic heterocycles. The van der Waals surface area contributed by atoms with Gasteiger partial charge in [-0.1, -0.05) is 60.7 Å². The lowest BCUT2D eigenvalue weighted by Crippen LogP contribution is -2.16. The third kappa shape index (κ3) is 5.15. The van der Waals surface area contributed by atoms with Gasteiger partial charge in [-0.05, 0) is 6.07 Å². The highest BCUT2D eigenvalue weighted by Gasteiger charge is 2.23. The number of pyridine rings is 1. The quantitative estimate of drug-likeness (QED) is 0.226. The van der Waals surface area contributed by atoms with Gasteiger partial charge in [0.15, 0.2) is 17.4 Å². The van der Waals surface area contributed by atoms with E-state index >= 15 is 4.39 Å². The molecule has 0 aliphatic carbocycles. The van der Waals surface area contributed by atoms with Crippen LogP contribution in [0.1, 0.15) is 16.7 Å². The molecule has 194 valence electrons. The van der Waals surface area contributed by atoms with Crippen molar-refractivity contribution in [3.05, 3.63) is 108 Å². The Bertz CT molecular complexity index is 1670. The zero-order valence-electron chi connectivity index (χ0n) is 20.9. The minimum absolute atomic E-state index is 0.156. The van der Waals surface area contributed by atoms with Gasteiger partial charge in [-0.25, -0.2) is 19.4 Å². The molecular formula is C29H21F3N6O. The summed E-state index contributed by atoms with van der Waals surface area (Å²) >= 11 is 0. The summed E-state index contributed by atoms with van der Waals surface area (Å²) in [6.07, 6.45) is 1.60. The average Bonchev–Trinajstić information content (AvgIpc) is 3.32. The number of benzene rings is 3. The van der Waals surface area contributed by atoms with Crippen LogP contribution < -0.4 is 9.64 Å². The molecule has 0 amide bonds. The number of aromatic nitrogens is 3. The first kappa shape index (κ1) is 25.5. The third-order valence-corrected chi connectivity index (χ3v) is 6.05. The normalized spacial score (nSPS) is 10.9. The van der Waals surface area contributed by atoms with Crippen LogP contribution in [0.25, 0.3) is 11.0 Å². The van der Waals surface area contributed by atoms with E-state index in [9.17, 15) is 14.0 Å². The van der Waals surface area contributed by atoms with E-state index in [0.29, 0.717) is 16.7 Å². The Labute approximate surface area is 222 Å². The van der Waals surface area contributed by atoms with Crippen molar-refractivity contribution in [1.82, 2.24) is 14.5 Å². The third-order valence-electron chi connectivity index (χ3n) is 6.05. The number of halogens is 3. The Kier molecular flexibility index (Phi) is 6.97. The van der Waals surface area contributed by atoms with Crippen LogP contribution in [0.3, 0.4) is 0 Å². The van der Waals surface area contributed by atoms with Crippen LogP contribution in [0.4, 0.5) is 30.5 Å². The second-order valence-electron chi connectivity index (χ2n) is 8.57. The van der Waals surface area contributed by atoms with Gasteiger partial charge in [0.1, 0.15) is 17.0 Å². The number of aryl methyl sites for hydroxylation is 1. The number of anilines is 2. The number of alkyl halides is 2. The highest BCUT2D eigenvalue weighted by molar-refractivity contribution is 6.14. The summed E-state index contributed by atoms with van der Waals surface area (Å²) in [7, 11) is 3.26. The van der Waals surface area contributed by atoms with Crippen molar-refractivity contribution < 1.29 is 17.9 Å². The van der Waals surface area contributed by atoms with E-state index in [2.05, 4.69) is 14.7 Å².